The van der Waals surface area contributed by atoms with Gasteiger partial charge in [-0.1, -0.05) is 26.0 Å². The fraction of sp³-hybridized carbons (Fsp3) is 0.667. The molecule has 122 valence electrons. The van der Waals surface area contributed by atoms with Crippen molar-refractivity contribution in [3.8, 4) is 0 Å². The first-order chi connectivity index (χ1) is 10.3. The van der Waals surface area contributed by atoms with Crippen molar-refractivity contribution in [1.82, 2.24) is 0 Å². The van der Waals surface area contributed by atoms with Gasteiger partial charge in [-0.15, -0.1) is 0 Å². The van der Waals surface area contributed by atoms with Crippen molar-refractivity contribution in [3.05, 3.63) is 24.3 Å². The normalized spacial score (nSPS) is 19.5. The molecule has 1 aliphatic heterocycles. The third kappa shape index (κ3) is 3.49. The highest BCUT2D eigenvalue weighted by Crippen LogP contribution is 2.36. The van der Waals surface area contributed by atoms with Gasteiger partial charge in [0, 0.05) is 18.8 Å². The Hall–Kier alpha value is -0.995. The van der Waals surface area contributed by atoms with E-state index < -0.39 is 0 Å². The molecule has 1 fully saturated rings. The Morgan fingerprint density at radius 1 is 0.864 bits per heavy atom. The van der Waals surface area contributed by atoms with Crippen LogP contribution in [0.1, 0.15) is 54.4 Å². The summed E-state index contributed by atoms with van der Waals surface area (Å²) in [6.07, 6.45) is 2.33. The Morgan fingerprint density at radius 3 is 1.73 bits per heavy atom. The molecule has 0 aliphatic carbocycles. The molecule has 4 heteroatoms. The molecule has 0 radical (unpaired) electrons. The summed E-state index contributed by atoms with van der Waals surface area (Å²) >= 11 is 0. The van der Waals surface area contributed by atoms with Crippen molar-refractivity contribution in [2.24, 2.45) is 0 Å². The molecule has 1 aromatic carbocycles. The number of hydrogen-bond acceptors (Lipinski definition) is 3. The van der Waals surface area contributed by atoms with Gasteiger partial charge in [0.25, 0.3) is 0 Å². The van der Waals surface area contributed by atoms with Crippen LogP contribution in [0.5, 0.6) is 0 Å². The van der Waals surface area contributed by atoms with Crippen LogP contribution in [0.15, 0.2) is 24.3 Å². The first-order valence-corrected chi connectivity index (χ1v) is 8.51. The zero-order chi connectivity index (χ0) is 16.4. The summed E-state index contributed by atoms with van der Waals surface area (Å²) in [5, 5.41) is 0. The highest BCUT2D eigenvalue weighted by molar-refractivity contribution is 6.62. The second-order valence-corrected chi connectivity index (χ2v) is 7.17. The Kier molecular flexibility index (Phi) is 5.23. The molecule has 0 N–H and O–H groups in total. The minimum absolute atomic E-state index is 0.273. The van der Waals surface area contributed by atoms with Gasteiger partial charge in [-0.2, -0.15) is 0 Å². The van der Waals surface area contributed by atoms with Crippen LogP contribution < -0.4 is 10.4 Å². The van der Waals surface area contributed by atoms with Crippen molar-refractivity contribution in [1.29, 1.82) is 0 Å². The van der Waals surface area contributed by atoms with Gasteiger partial charge in [0.05, 0.1) is 11.2 Å². The molecule has 0 amide bonds. The summed E-state index contributed by atoms with van der Waals surface area (Å²) in [6.45, 7) is 15.0. The van der Waals surface area contributed by atoms with Crippen molar-refractivity contribution in [3.63, 3.8) is 0 Å². The standard InChI is InChI=1S/C18H30BNO2/c1-7-13-20(14-8-2)16-11-9-15(10-12-16)19-21-17(3,4)18(5,6)22-19/h9-12H,7-8,13-14H2,1-6H3. The second-order valence-electron chi connectivity index (χ2n) is 7.17. The van der Waals surface area contributed by atoms with Gasteiger partial charge in [-0.25, -0.2) is 0 Å². The fourth-order valence-corrected chi connectivity index (χ4v) is 2.73. The predicted molar refractivity (Wildman–Crippen MR) is 95.0 cm³/mol. The SMILES string of the molecule is CCCN(CCC)c1ccc(B2OC(C)(C)C(C)(C)O2)cc1. The van der Waals surface area contributed by atoms with E-state index in [-0.39, 0.29) is 18.3 Å². The topological polar surface area (TPSA) is 21.7 Å². The lowest BCUT2D eigenvalue weighted by atomic mass is 9.79. The number of nitrogens with zero attached hydrogens (tertiary/aromatic N) is 1. The highest BCUT2D eigenvalue weighted by Gasteiger charge is 2.51. The minimum Gasteiger partial charge on any atom is -0.399 e. The van der Waals surface area contributed by atoms with Crippen LogP contribution in [-0.2, 0) is 9.31 Å². The quantitative estimate of drug-likeness (QED) is 0.749. The van der Waals surface area contributed by atoms with E-state index in [0.717, 1.165) is 18.6 Å². The average Bonchev–Trinajstić information content (AvgIpc) is 2.67. The third-order valence-electron chi connectivity index (χ3n) is 4.77. The molecule has 0 bridgehead atoms. The van der Waals surface area contributed by atoms with Crippen molar-refractivity contribution in [2.45, 2.75) is 65.6 Å². The summed E-state index contributed by atoms with van der Waals surface area (Å²) in [5.74, 6) is 0. The molecule has 0 saturated carbocycles. The summed E-state index contributed by atoms with van der Waals surface area (Å²) in [4.78, 5) is 2.44. The van der Waals surface area contributed by atoms with Crippen LogP contribution in [0.2, 0.25) is 0 Å². The van der Waals surface area contributed by atoms with Crippen LogP contribution in [0.3, 0.4) is 0 Å². The Balaban J connectivity index is 2.12. The molecule has 2 rings (SSSR count). The third-order valence-corrected chi connectivity index (χ3v) is 4.77. The first-order valence-electron chi connectivity index (χ1n) is 8.51. The Labute approximate surface area is 136 Å². The monoisotopic (exact) mass is 303 g/mol. The van der Waals surface area contributed by atoms with Crippen LogP contribution >= 0.6 is 0 Å². The van der Waals surface area contributed by atoms with Crippen molar-refractivity contribution >= 4 is 18.3 Å². The van der Waals surface area contributed by atoms with Gasteiger partial charge < -0.3 is 14.2 Å². The second kappa shape index (κ2) is 6.63. The summed E-state index contributed by atoms with van der Waals surface area (Å²) < 4.78 is 12.2. The van der Waals surface area contributed by atoms with E-state index in [4.69, 9.17) is 9.31 Å². The van der Waals surface area contributed by atoms with E-state index in [9.17, 15) is 0 Å². The number of hydrogen-bond donors (Lipinski definition) is 0. The molecule has 3 nitrogen and oxygen atoms in total. The molecule has 22 heavy (non-hydrogen) atoms. The molecular formula is C18H30BNO2. The largest absolute Gasteiger partial charge is 0.494 e. The maximum absolute atomic E-state index is 6.11. The van der Waals surface area contributed by atoms with Crippen LogP contribution in [-0.4, -0.2) is 31.4 Å². The predicted octanol–water partition coefficient (Wildman–Crippen LogP) is 3.61. The molecule has 1 heterocycles. The maximum atomic E-state index is 6.11. The van der Waals surface area contributed by atoms with Gasteiger partial charge in [0.1, 0.15) is 0 Å². The van der Waals surface area contributed by atoms with E-state index in [1.807, 2.05) is 0 Å². The zero-order valence-electron chi connectivity index (χ0n) is 15.0. The Bertz CT molecular complexity index is 462. The highest BCUT2D eigenvalue weighted by atomic mass is 16.7. The van der Waals surface area contributed by atoms with Gasteiger partial charge in [-0.3, -0.25) is 0 Å². The minimum atomic E-state index is -0.285. The van der Waals surface area contributed by atoms with Gasteiger partial charge in [0.2, 0.25) is 0 Å². The summed E-state index contributed by atoms with van der Waals surface area (Å²) in [5.41, 5.74) is 1.80. The van der Waals surface area contributed by atoms with Crippen LogP contribution in [0.25, 0.3) is 0 Å². The van der Waals surface area contributed by atoms with Crippen molar-refractivity contribution in [2.75, 3.05) is 18.0 Å². The maximum Gasteiger partial charge on any atom is 0.494 e. The first kappa shape index (κ1) is 17.4. The van der Waals surface area contributed by atoms with E-state index in [1.54, 1.807) is 0 Å². The molecule has 1 saturated heterocycles. The van der Waals surface area contributed by atoms with Gasteiger partial charge in [-0.05, 0) is 58.1 Å². The lowest BCUT2D eigenvalue weighted by Crippen LogP contribution is -2.41. The van der Waals surface area contributed by atoms with Crippen LogP contribution in [0.4, 0.5) is 5.69 Å². The fourth-order valence-electron chi connectivity index (χ4n) is 2.73. The molecule has 1 aliphatic rings. The number of benzene rings is 1. The van der Waals surface area contributed by atoms with E-state index in [2.05, 4.69) is 70.7 Å². The lowest BCUT2D eigenvalue weighted by molar-refractivity contribution is 0.00578. The average molecular weight is 303 g/mol. The van der Waals surface area contributed by atoms with E-state index in [0.29, 0.717) is 0 Å². The van der Waals surface area contributed by atoms with E-state index >= 15 is 0 Å². The number of rotatable bonds is 6. The molecule has 0 aromatic heterocycles. The van der Waals surface area contributed by atoms with E-state index in [1.165, 1.54) is 18.5 Å². The smallest absolute Gasteiger partial charge is 0.399 e. The van der Waals surface area contributed by atoms with Gasteiger partial charge in [0.15, 0.2) is 0 Å². The number of anilines is 1. The molecule has 0 atom stereocenters. The lowest BCUT2D eigenvalue weighted by Gasteiger charge is -2.32. The van der Waals surface area contributed by atoms with Crippen molar-refractivity contribution < 1.29 is 9.31 Å². The molecule has 1 aromatic rings. The van der Waals surface area contributed by atoms with Gasteiger partial charge >= 0.3 is 7.12 Å². The summed E-state index contributed by atoms with van der Waals surface area (Å²) in [7, 11) is -0.273. The molecular weight excluding hydrogens is 273 g/mol. The van der Waals surface area contributed by atoms with Crippen LogP contribution in [0, 0.1) is 0 Å². The Morgan fingerprint density at radius 2 is 1.32 bits per heavy atom. The summed E-state index contributed by atoms with van der Waals surface area (Å²) in [6, 6.07) is 8.64. The molecule has 0 unspecified atom stereocenters. The zero-order valence-corrected chi connectivity index (χ0v) is 15.0. The molecule has 0 spiro atoms.